The standard InChI is InChI=1S/C16H19ClN2O5/c1-16(2)10-6-9(17)7-11(20)14(10)19(15(16)24)8-12(21)18-5-3-4-13(22)23/h6-7,20H,3-5,8H2,1-2H3,(H,18,21)(H,22,23). The van der Waals surface area contributed by atoms with Crippen LogP contribution in [0.15, 0.2) is 12.1 Å². The van der Waals surface area contributed by atoms with Crippen molar-refractivity contribution in [1.82, 2.24) is 5.32 Å². The minimum absolute atomic E-state index is 0.0436. The summed E-state index contributed by atoms with van der Waals surface area (Å²) < 4.78 is 0. The summed E-state index contributed by atoms with van der Waals surface area (Å²) in [5, 5.41) is 21.6. The van der Waals surface area contributed by atoms with Gasteiger partial charge >= 0.3 is 5.97 Å². The Labute approximate surface area is 144 Å². The van der Waals surface area contributed by atoms with E-state index >= 15 is 0 Å². The van der Waals surface area contributed by atoms with Crippen molar-refractivity contribution in [2.75, 3.05) is 18.0 Å². The number of carboxylic acids is 1. The van der Waals surface area contributed by atoms with E-state index in [4.69, 9.17) is 16.7 Å². The molecule has 24 heavy (non-hydrogen) atoms. The highest BCUT2D eigenvalue weighted by Gasteiger charge is 2.46. The molecule has 0 fully saturated rings. The zero-order valence-corrected chi connectivity index (χ0v) is 14.2. The van der Waals surface area contributed by atoms with Gasteiger partial charge in [-0.3, -0.25) is 19.3 Å². The molecule has 0 saturated heterocycles. The number of hydrogen-bond acceptors (Lipinski definition) is 4. The number of aromatic hydroxyl groups is 1. The molecule has 130 valence electrons. The number of amides is 2. The quantitative estimate of drug-likeness (QED) is 0.673. The summed E-state index contributed by atoms with van der Waals surface area (Å²) >= 11 is 5.95. The van der Waals surface area contributed by atoms with Crippen molar-refractivity contribution in [1.29, 1.82) is 0 Å². The first kappa shape index (κ1) is 18.1. The van der Waals surface area contributed by atoms with Crippen LogP contribution in [0.3, 0.4) is 0 Å². The first-order chi connectivity index (χ1) is 11.1. The molecule has 1 aliphatic heterocycles. The maximum absolute atomic E-state index is 12.6. The predicted molar refractivity (Wildman–Crippen MR) is 88.4 cm³/mol. The first-order valence-corrected chi connectivity index (χ1v) is 7.86. The van der Waals surface area contributed by atoms with E-state index in [9.17, 15) is 19.5 Å². The van der Waals surface area contributed by atoms with E-state index < -0.39 is 17.3 Å². The zero-order chi connectivity index (χ0) is 18.1. The minimum atomic E-state index is -0.934. The van der Waals surface area contributed by atoms with Crippen LogP contribution in [-0.2, 0) is 19.8 Å². The number of phenolic OH excluding ortho intramolecular Hbond substituents is 1. The fraction of sp³-hybridized carbons (Fsp3) is 0.438. The molecule has 0 radical (unpaired) electrons. The number of aliphatic carboxylic acids is 1. The van der Waals surface area contributed by atoms with Crippen LogP contribution in [0, 0.1) is 0 Å². The van der Waals surface area contributed by atoms with Crippen LogP contribution in [0.5, 0.6) is 5.75 Å². The Morgan fingerprint density at radius 3 is 2.62 bits per heavy atom. The minimum Gasteiger partial charge on any atom is -0.506 e. The van der Waals surface area contributed by atoms with Crippen LogP contribution >= 0.6 is 11.6 Å². The molecule has 1 aliphatic rings. The van der Waals surface area contributed by atoms with Crippen molar-refractivity contribution in [3.05, 3.63) is 22.7 Å². The monoisotopic (exact) mass is 354 g/mol. The van der Waals surface area contributed by atoms with Crippen molar-refractivity contribution in [2.24, 2.45) is 0 Å². The number of carboxylic acid groups (broad SMARTS) is 1. The summed E-state index contributed by atoms with van der Waals surface area (Å²) in [6.45, 7) is 3.36. The smallest absolute Gasteiger partial charge is 0.303 e. The van der Waals surface area contributed by atoms with Gasteiger partial charge in [-0.05, 0) is 31.9 Å². The van der Waals surface area contributed by atoms with Crippen LogP contribution in [0.2, 0.25) is 5.02 Å². The maximum atomic E-state index is 12.6. The lowest BCUT2D eigenvalue weighted by Gasteiger charge is -2.20. The molecule has 8 heteroatoms. The van der Waals surface area contributed by atoms with Crippen LogP contribution in [0.25, 0.3) is 0 Å². The summed E-state index contributed by atoms with van der Waals surface area (Å²) in [6.07, 6.45) is 0.260. The highest BCUT2D eigenvalue weighted by molar-refractivity contribution is 6.31. The number of phenols is 1. The number of nitrogens with zero attached hydrogens (tertiary/aromatic N) is 1. The first-order valence-electron chi connectivity index (χ1n) is 7.48. The molecule has 0 aliphatic carbocycles. The third-order valence-corrected chi connectivity index (χ3v) is 4.19. The number of nitrogens with one attached hydrogen (secondary N) is 1. The third-order valence-electron chi connectivity index (χ3n) is 3.97. The molecule has 0 spiro atoms. The normalized spacial score (nSPS) is 15.3. The molecular formula is C16H19ClN2O5. The highest BCUT2D eigenvalue weighted by atomic mass is 35.5. The molecule has 0 atom stereocenters. The molecule has 0 unspecified atom stereocenters. The molecule has 7 nitrogen and oxygen atoms in total. The van der Waals surface area contributed by atoms with Crippen molar-refractivity contribution in [3.63, 3.8) is 0 Å². The van der Waals surface area contributed by atoms with Gasteiger partial charge < -0.3 is 15.5 Å². The van der Waals surface area contributed by atoms with E-state index in [1.807, 2.05) is 0 Å². The van der Waals surface area contributed by atoms with Gasteiger partial charge in [0, 0.05) is 24.1 Å². The molecule has 2 rings (SSSR count). The summed E-state index contributed by atoms with van der Waals surface area (Å²) in [7, 11) is 0. The number of anilines is 1. The molecule has 0 aromatic heterocycles. The number of fused-ring (bicyclic) bond motifs is 1. The second kappa shape index (κ2) is 6.68. The number of benzene rings is 1. The number of carbonyl (C=O) groups is 3. The van der Waals surface area contributed by atoms with Crippen molar-refractivity contribution in [3.8, 4) is 5.75 Å². The fourth-order valence-corrected chi connectivity index (χ4v) is 2.93. The van der Waals surface area contributed by atoms with Gasteiger partial charge in [0.15, 0.2) is 0 Å². The van der Waals surface area contributed by atoms with Crippen molar-refractivity contribution >= 4 is 35.1 Å². The highest BCUT2D eigenvalue weighted by Crippen LogP contribution is 2.47. The van der Waals surface area contributed by atoms with Gasteiger partial charge in [0.25, 0.3) is 0 Å². The molecular weight excluding hydrogens is 336 g/mol. The number of rotatable bonds is 6. The Hall–Kier alpha value is -2.28. The zero-order valence-electron chi connectivity index (χ0n) is 13.4. The summed E-state index contributed by atoms with van der Waals surface area (Å²) in [6, 6.07) is 2.94. The van der Waals surface area contributed by atoms with Gasteiger partial charge in [-0.15, -0.1) is 0 Å². The Bertz CT molecular complexity index is 702. The number of hydrogen-bond donors (Lipinski definition) is 3. The van der Waals surface area contributed by atoms with Gasteiger partial charge in [0.1, 0.15) is 12.3 Å². The van der Waals surface area contributed by atoms with E-state index in [1.54, 1.807) is 19.9 Å². The average Bonchev–Trinajstić information content (AvgIpc) is 2.65. The topological polar surface area (TPSA) is 107 Å². The molecule has 3 N–H and O–H groups in total. The summed E-state index contributed by atoms with van der Waals surface area (Å²) in [4.78, 5) is 36.3. The molecule has 0 bridgehead atoms. The predicted octanol–water partition coefficient (Wildman–Crippen LogP) is 1.65. The van der Waals surface area contributed by atoms with Gasteiger partial charge in [0.2, 0.25) is 11.8 Å². The Kier molecular flexibility index (Phi) is 5.03. The van der Waals surface area contributed by atoms with Gasteiger partial charge in [-0.25, -0.2) is 0 Å². The Morgan fingerprint density at radius 1 is 1.33 bits per heavy atom. The van der Waals surface area contributed by atoms with Crippen LogP contribution in [-0.4, -0.2) is 41.1 Å². The van der Waals surface area contributed by atoms with E-state index in [-0.39, 0.29) is 36.9 Å². The largest absolute Gasteiger partial charge is 0.506 e. The lowest BCUT2D eigenvalue weighted by Crippen LogP contribution is -2.43. The molecule has 2 amide bonds. The van der Waals surface area contributed by atoms with Crippen molar-refractivity contribution < 1.29 is 24.6 Å². The Morgan fingerprint density at radius 2 is 2.00 bits per heavy atom. The van der Waals surface area contributed by atoms with E-state index in [1.165, 1.54) is 11.0 Å². The summed E-state index contributed by atoms with van der Waals surface area (Å²) in [5.74, 6) is -1.82. The van der Waals surface area contributed by atoms with Crippen LogP contribution in [0.4, 0.5) is 5.69 Å². The number of halogens is 1. The SMILES string of the molecule is CC1(C)C(=O)N(CC(=O)NCCCC(=O)O)c2c(O)cc(Cl)cc21. The lowest BCUT2D eigenvalue weighted by molar-refractivity contribution is -0.137. The Balaban J connectivity index is 2.13. The molecule has 1 heterocycles. The maximum Gasteiger partial charge on any atom is 0.303 e. The second-order valence-electron chi connectivity index (χ2n) is 6.18. The van der Waals surface area contributed by atoms with Gasteiger partial charge in [0.05, 0.1) is 11.1 Å². The van der Waals surface area contributed by atoms with Crippen LogP contribution < -0.4 is 10.2 Å². The summed E-state index contributed by atoms with van der Waals surface area (Å²) in [5.41, 5.74) is -0.0485. The van der Waals surface area contributed by atoms with Gasteiger partial charge in [-0.2, -0.15) is 0 Å². The molecule has 0 saturated carbocycles. The molecule has 1 aromatic rings. The van der Waals surface area contributed by atoms with Gasteiger partial charge in [-0.1, -0.05) is 11.6 Å². The van der Waals surface area contributed by atoms with Crippen molar-refractivity contribution in [2.45, 2.75) is 32.1 Å². The molecule has 1 aromatic carbocycles. The third kappa shape index (κ3) is 3.46. The second-order valence-corrected chi connectivity index (χ2v) is 6.62. The van der Waals surface area contributed by atoms with E-state index in [0.29, 0.717) is 17.0 Å². The van der Waals surface area contributed by atoms with E-state index in [2.05, 4.69) is 5.32 Å². The number of carbonyl (C=O) groups excluding carboxylic acids is 2. The van der Waals surface area contributed by atoms with Crippen LogP contribution in [0.1, 0.15) is 32.3 Å². The fourth-order valence-electron chi connectivity index (χ4n) is 2.72. The lowest BCUT2D eigenvalue weighted by atomic mass is 9.86. The van der Waals surface area contributed by atoms with E-state index in [0.717, 1.165) is 0 Å². The average molecular weight is 355 g/mol.